The van der Waals surface area contributed by atoms with E-state index in [0.717, 1.165) is 4.57 Å². The number of benzene rings is 2. The van der Waals surface area contributed by atoms with Gasteiger partial charge in [0.05, 0.1) is 16.5 Å². The third-order valence-electron chi connectivity index (χ3n) is 6.10. The number of aromatic amines is 1. The SMILES string of the molecule is Cn1c(=O)c2c(-c3c(O)c4ccccc4oc3=O)c(-c3ccc4c(c3)OCO4)[nH]c2n(C)c1=O. The molecular formula is C24H17N3O7. The molecule has 0 spiro atoms. The highest BCUT2D eigenvalue weighted by atomic mass is 16.7. The van der Waals surface area contributed by atoms with Crippen LogP contribution in [0, 0.1) is 0 Å². The van der Waals surface area contributed by atoms with Crippen molar-refractivity contribution in [2.75, 3.05) is 6.79 Å². The van der Waals surface area contributed by atoms with Gasteiger partial charge in [0.1, 0.15) is 22.5 Å². The zero-order valence-electron chi connectivity index (χ0n) is 18.0. The quantitative estimate of drug-likeness (QED) is 0.388. The van der Waals surface area contributed by atoms with Crippen LogP contribution in [0.25, 0.3) is 44.4 Å². The minimum atomic E-state index is -0.824. The van der Waals surface area contributed by atoms with Crippen LogP contribution in [0.15, 0.2) is 61.3 Å². The number of nitrogens with one attached hydrogen (secondary N) is 1. The van der Waals surface area contributed by atoms with Crippen LogP contribution in [0.2, 0.25) is 0 Å². The lowest BCUT2D eigenvalue weighted by Gasteiger charge is -2.09. The van der Waals surface area contributed by atoms with Gasteiger partial charge in [-0.25, -0.2) is 9.59 Å². The molecule has 0 saturated carbocycles. The molecule has 34 heavy (non-hydrogen) atoms. The Hall–Kier alpha value is -4.73. The number of fused-ring (bicyclic) bond motifs is 3. The first kappa shape index (κ1) is 19.9. The number of rotatable bonds is 2. The molecule has 4 heterocycles. The molecule has 10 nitrogen and oxygen atoms in total. The van der Waals surface area contributed by atoms with Crippen molar-refractivity contribution in [1.29, 1.82) is 0 Å². The molecule has 0 bridgehead atoms. The molecule has 0 saturated heterocycles. The number of ether oxygens (including phenoxy) is 2. The molecule has 2 N–H and O–H groups in total. The van der Waals surface area contributed by atoms with Gasteiger partial charge in [0, 0.05) is 25.2 Å². The van der Waals surface area contributed by atoms with E-state index in [0.29, 0.717) is 28.1 Å². The molecule has 0 unspecified atom stereocenters. The third-order valence-corrected chi connectivity index (χ3v) is 6.10. The van der Waals surface area contributed by atoms with E-state index in [1.54, 1.807) is 42.5 Å². The number of para-hydroxylation sites is 1. The zero-order valence-corrected chi connectivity index (χ0v) is 18.0. The Labute approximate surface area is 189 Å². The molecule has 170 valence electrons. The van der Waals surface area contributed by atoms with Gasteiger partial charge in [-0.05, 0) is 30.3 Å². The predicted octanol–water partition coefficient (Wildman–Crippen LogP) is 2.44. The topological polar surface area (TPSA) is 129 Å². The Morgan fingerprint density at radius 2 is 1.71 bits per heavy atom. The van der Waals surface area contributed by atoms with E-state index in [4.69, 9.17) is 13.9 Å². The summed E-state index contributed by atoms with van der Waals surface area (Å²) in [6, 6.07) is 11.7. The monoisotopic (exact) mass is 459 g/mol. The van der Waals surface area contributed by atoms with Gasteiger partial charge in [-0.2, -0.15) is 0 Å². The zero-order chi connectivity index (χ0) is 23.7. The fraction of sp³-hybridized carbons (Fsp3) is 0.125. The van der Waals surface area contributed by atoms with Crippen molar-refractivity contribution >= 4 is 22.0 Å². The van der Waals surface area contributed by atoms with E-state index in [1.807, 2.05) is 0 Å². The molecule has 10 heteroatoms. The Kier molecular flexibility index (Phi) is 4.03. The van der Waals surface area contributed by atoms with Crippen molar-refractivity contribution in [3.63, 3.8) is 0 Å². The molecule has 1 aliphatic heterocycles. The third kappa shape index (κ3) is 2.59. The van der Waals surface area contributed by atoms with Crippen LogP contribution in [-0.2, 0) is 14.1 Å². The van der Waals surface area contributed by atoms with Crippen LogP contribution in [0.5, 0.6) is 17.2 Å². The first-order chi connectivity index (χ1) is 16.4. The molecule has 3 aromatic heterocycles. The second kappa shape index (κ2) is 6.88. The second-order valence-electron chi connectivity index (χ2n) is 7.98. The van der Waals surface area contributed by atoms with Crippen LogP contribution < -0.4 is 26.3 Å². The molecule has 0 aliphatic carbocycles. The van der Waals surface area contributed by atoms with Crippen LogP contribution >= 0.6 is 0 Å². The van der Waals surface area contributed by atoms with Gasteiger partial charge < -0.3 is 24.0 Å². The molecule has 6 rings (SSSR count). The molecule has 5 aromatic rings. The van der Waals surface area contributed by atoms with Crippen molar-refractivity contribution in [3.05, 3.63) is 73.7 Å². The van der Waals surface area contributed by atoms with E-state index in [2.05, 4.69) is 4.98 Å². The maximum atomic E-state index is 13.3. The van der Waals surface area contributed by atoms with Gasteiger partial charge >= 0.3 is 11.3 Å². The molecule has 0 fully saturated rings. The van der Waals surface area contributed by atoms with Gasteiger partial charge in [0.25, 0.3) is 5.56 Å². The summed E-state index contributed by atoms with van der Waals surface area (Å²) in [5.41, 5.74) is -0.756. The van der Waals surface area contributed by atoms with Crippen molar-refractivity contribution in [3.8, 4) is 39.6 Å². The van der Waals surface area contributed by atoms with Crippen molar-refractivity contribution in [1.82, 2.24) is 14.1 Å². The van der Waals surface area contributed by atoms with E-state index in [9.17, 15) is 19.5 Å². The average Bonchev–Trinajstić information content (AvgIpc) is 3.46. The number of hydrogen-bond acceptors (Lipinski definition) is 7. The maximum Gasteiger partial charge on any atom is 0.348 e. The highest BCUT2D eigenvalue weighted by Gasteiger charge is 2.28. The Bertz CT molecular complexity index is 1840. The van der Waals surface area contributed by atoms with E-state index < -0.39 is 16.9 Å². The van der Waals surface area contributed by atoms with Gasteiger partial charge in [0.2, 0.25) is 6.79 Å². The molecule has 0 atom stereocenters. The normalized spacial score (nSPS) is 12.6. The summed E-state index contributed by atoms with van der Waals surface area (Å²) < 4.78 is 18.6. The minimum Gasteiger partial charge on any atom is -0.506 e. The summed E-state index contributed by atoms with van der Waals surface area (Å²) >= 11 is 0. The highest BCUT2D eigenvalue weighted by molar-refractivity contribution is 6.05. The van der Waals surface area contributed by atoms with Gasteiger partial charge in [-0.15, -0.1) is 0 Å². The standard InChI is InChI=1S/C24H17N3O7/c1-26-21-18(22(29)27(2)24(26)31)16(17-20(28)12-5-3-4-6-13(12)34-23(17)30)19(25-21)11-7-8-14-15(9-11)33-10-32-14/h3-9,25,28H,10H2,1-2H3. The van der Waals surface area contributed by atoms with Crippen molar-refractivity contribution in [2.45, 2.75) is 0 Å². The van der Waals surface area contributed by atoms with Gasteiger partial charge in [-0.1, -0.05) is 12.1 Å². The fourth-order valence-electron chi connectivity index (χ4n) is 4.39. The number of aryl methyl sites for hydroxylation is 1. The lowest BCUT2D eigenvalue weighted by molar-refractivity contribution is 0.174. The molecular weight excluding hydrogens is 442 g/mol. The Balaban J connectivity index is 1.81. The summed E-state index contributed by atoms with van der Waals surface area (Å²) in [6.07, 6.45) is 0. The number of aromatic hydroxyl groups is 1. The van der Waals surface area contributed by atoms with Crippen LogP contribution in [-0.4, -0.2) is 26.0 Å². The molecule has 1 aliphatic rings. The highest BCUT2D eigenvalue weighted by Crippen LogP contribution is 2.43. The first-order valence-corrected chi connectivity index (χ1v) is 10.3. The largest absolute Gasteiger partial charge is 0.506 e. The number of aromatic nitrogens is 3. The molecule has 2 aromatic carbocycles. The van der Waals surface area contributed by atoms with Crippen molar-refractivity contribution in [2.24, 2.45) is 14.1 Å². The molecule has 0 amide bonds. The second-order valence-corrected chi connectivity index (χ2v) is 7.98. The maximum absolute atomic E-state index is 13.3. The minimum absolute atomic E-state index is 0.0650. The van der Waals surface area contributed by atoms with Crippen LogP contribution in [0.3, 0.4) is 0 Å². The van der Waals surface area contributed by atoms with Gasteiger partial charge in [-0.3, -0.25) is 13.9 Å². The lowest BCUT2D eigenvalue weighted by atomic mass is 9.98. The number of hydrogen-bond donors (Lipinski definition) is 2. The average molecular weight is 459 g/mol. The lowest BCUT2D eigenvalue weighted by Crippen LogP contribution is -2.36. The number of nitrogens with zero attached hydrogens (tertiary/aromatic N) is 2. The van der Waals surface area contributed by atoms with Crippen LogP contribution in [0.4, 0.5) is 0 Å². The summed E-state index contributed by atoms with van der Waals surface area (Å²) in [4.78, 5) is 42.1. The summed E-state index contributed by atoms with van der Waals surface area (Å²) in [7, 11) is 2.86. The molecule has 0 radical (unpaired) electrons. The van der Waals surface area contributed by atoms with Crippen LogP contribution in [0.1, 0.15) is 0 Å². The Morgan fingerprint density at radius 3 is 2.53 bits per heavy atom. The summed E-state index contributed by atoms with van der Waals surface area (Å²) in [5.74, 6) is 0.710. The predicted molar refractivity (Wildman–Crippen MR) is 123 cm³/mol. The number of H-pyrrole nitrogens is 1. The van der Waals surface area contributed by atoms with E-state index in [-0.39, 0.29) is 40.3 Å². The first-order valence-electron chi connectivity index (χ1n) is 10.3. The Morgan fingerprint density at radius 1 is 0.941 bits per heavy atom. The van der Waals surface area contributed by atoms with Crippen molar-refractivity contribution < 1.29 is 19.0 Å². The van der Waals surface area contributed by atoms with Gasteiger partial charge in [0.15, 0.2) is 11.5 Å². The summed E-state index contributed by atoms with van der Waals surface area (Å²) in [5, 5.41) is 11.6. The van der Waals surface area contributed by atoms with E-state index >= 15 is 0 Å². The fourth-order valence-corrected chi connectivity index (χ4v) is 4.39. The van der Waals surface area contributed by atoms with E-state index in [1.165, 1.54) is 18.7 Å². The summed E-state index contributed by atoms with van der Waals surface area (Å²) in [6.45, 7) is 0.0719. The smallest absolute Gasteiger partial charge is 0.348 e.